The summed E-state index contributed by atoms with van der Waals surface area (Å²) in [7, 11) is 1.77. The number of rotatable bonds is 6. The highest BCUT2D eigenvalue weighted by Gasteiger charge is 2.06. The largest absolute Gasteiger partial charge is 0.373 e. The SMILES string of the molecule is CNc1cccc(C(=O)NCCCn2ccnn2)n1. The molecular formula is C12H16N6O. The maximum absolute atomic E-state index is 11.8. The van der Waals surface area contributed by atoms with Crippen molar-refractivity contribution in [2.45, 2.75) is 13.0 Å². The standard InChI is InChI=1S/C12H16N6O/c1-13-11-5-2-4-10(16-11)12(19)14-6-3-8-18-9-7-15-17-18/h2,4-5,7,9H,3,6,8H2,1H3,(H,13,16)(H,14,19). The lowest BCUT2D eigenvalue weighted by Gasteiger charge is -2.06. The third-order valence-corrected chi connectivity index (χ3v) is 2.56. The number of anilines is 1. The first-order valence-electron chi connectivity index (χ1n) is 6.06. The van der Waals surface area contributed by atoms with E-state index in [-0.39, 0.29) is 5.91 Å². The molecule has 2 aromatic heterocycles. The Labute approximate surface area is 111 Å². The molecule has 0 atom stereocenters. The molecule has 2 rings (SSSR count). The first kappa shape index (κ1) is 13.0. The molecule has 0 spiro atoms. The van der Waals surface area contributed by atoms with Crippen LogP contribution in [-0.2, 0) is 6.54 Å². The number of nitrogens with one attached hydrogen (secondary N) is 2. The van der Waals surface area contributed by atoms with Gasteiger partial charge in [-0.1, -0.05) is 11.3 Å². The summed E-state index contributed by atoms with van der Waals surface area (Å²) in [6.07, 6.45) is 4.21. The highest BCUT2D eigenvalue weighted by Crippen LogP contribution is 2.03. The summed E-state index contributed by atoms with van der Waals surface area (Å²) < 4.78 is 1.73. The number of hydrogen-bond donors (Lipinski definition) is 2. The van der Waals surface area contributed by atoms with Crippen LogP contribution in [0.25, 0.3) is 0 Å². The van der Waals surface area contributed by atoms with E-state index in [4.69, 9.17) is 0 Å². The normalized spacial score (nSPS) is 10.2. The maximum atomic E-state index is 11.8. The first-order valence-corrected chi connectivity index (χ1v) is 6.06. The van der Waals surface area contributed by atoms with Crippen LogP contribution >= 0.6 is 0 Å². The molecule has 100 valence electrons. The summed E-state index contributed by atoms with van der Waals surface area (Å²) in [5.41, 5.74) is 0.410. The summed E-state index contributed by atoms with van der Waals surface area (Å²) in [6, 6.07) is 5.29. The molecule has 2 N–H and O–H groups in total. The van der Waals surface area contributed by atoms with Crippen molar-refractivity contribution in [1.82, 2.24) is 25.3 Å². The quantitative estimate of drug-likeness (QED) is 0.740. The number of aromatic nitrogens is 4. The van der Waals surface area contributed by atoms with Gasteiger partial charge in [0, 0.05) is 26.3 Å². The molecule has 0 aliphatic rings. The van der Waals surface area contributed by atoms with Gasteiger partial charge < -0.3 is 10.6 Å². The summed E-state index contributed by atoms with van der Waals surface area (Å²) >= 11 is 0. The fourth-order valence-electron chi connectivity index (χ4n) is 1.59. The molecule has 0 radical (unpaired) electrons. The van der Waals surface area contributed by atoms with Crippen molar-refractivity contribution in [1.29, 1.82) is 0 Å². The van der Waals surface area contributed by atoms with Gasteiger partial charge >= 0.3 is 0 Å². The lowest BCUT2D eigenvalue weighted by atomic mass is 10.3. The molecule has 0 aromatic carbocycles. The Morgan fingerprint density at radius 2 is 2.32 bits per heavy atom. The molecule has 0 saturated heterocycles. The molecular weight excluding hydrogens is 244 g/mol. The Bertz CT molecular complexity index is 525. The molecule has 0 unspecified atom stereocenters. The monoisotopic (exact) mass is 260 g/mol. The molecule has 2 heterocycles. The Morgan fingerprint density at radius 1 is 1.42 bits per heavy atom. The summed E-state index contributed by atoms with van der Waals surface area (Å²) in [5.74, 6) is 0.506. The smallest absolute Gasteiger partial charge is 0.269 e. The lowest BCUT2D eigenvalue weighted by molar-refractivity contribution is 0.0947. The van der Waals surface area contributed by atoms with Crippen molar-refractivity contribution >= 4 is 11.7 Å². The molecule has 7 nitrogen and oxygen atoms in total. The van der Waals surface area contributed by atoms with Gasteiger partial charge in [0.15, 0.2) is 0 Å². The van der Waals surface area contributed by atoms with Crippen molar-refractivity contribution in [3.05, 3.63) is 36.3 Å². The van der Waals surface area contributed by atoms with Crippen molar-refractivity contribution < 1.29 is 4.79 Å². The minimum atomic E-state index is -0.171. The average molecular weight is 260 g/mol. The van der Waals surface area contributed by atoms with Crippen molar-refractivity contribution in [2.24, 2.45) is 0 Å². The number of amides is 1. The van der Waals surface area contributed by atoms with Crippen LogP contribution in [0.3, 0.4) is 0 Å². The molecule has 2 aromatic rings. The van der Waals surface area contributed by atoms with E-state index >= 15 is 0 Å². The van der Waals surface area contributed by atoms with Crippen molar-refractivity contribution in [2.75, 3.05) is 18.9 Å². The summed E-state index contributed by atoms with van der Waals surface area (Å²) in [4.78, 5) is 16.0. The number of carbonyl (C=O) groups excluding carboxylic acids is 1. The van der Waals surface area contributed by atoms with Gasteiger partial charge in [0.25, 0.3) is 5.91 Å². The van der Waals surface area contributed by atoms with Crippen LogP contribution in [0.1, 0.15) is 16.9 Å². The van der Waals surface area contributed by atoms with Gasteiger partial charge in [-0.05, 0) is 18.6 Å². The van der Waals surface area contributed by atoms with E-state index in [1.54, 1.807) is 36.3 Å². The highest BCUT2D eigenvalue weighted by molar-refractivity contribution is 5.92. The summed E-state index contributed by atoms with van der Waals surface area (Å²) in [6.45, 7) is 1.30. The van der Waals surface area contributed by atoms with Gasteiger partial charge in [-0.3, -0.25) is 9.48 Å². The zero-order chi connectivity index (χ0) is 13.5. The van der Waals surface area contributed by atoms with Gasteiger partial charge in [-0.25, -0.2) is 4.98 Å². The van der Waals surface area contributed by atoms with Crippen LogP contribution < -0.4 is 10.6 Å². The summed E-state index contributed by atoms with van der Waals surface area (Å²) in [5, 5.41) is 13.3. The van der Waals surface area contributed by atoms with Crippen LogP contribution in [0, 0.1) is 0 Å². The predicted molar refractivity (Wildman–Crippen MR) is 70.8 cm³/mol. The van der Waals surface area contributed by atoms with E-state index in [9.17, 15) is 4.79 Å². The van der Waals surface area contributed by atoms with E-state index < -0.39 is 0 Å². The van der Waals surface area contributed by atoms with E-state index in [0.29, 0.717) is 18.1 Å². The third-order valence-electron chi connectivity index (χ3n) is 2.56. The second-order valence-corrected chi connectivity index (χ2v) is 3.93. The molecule has 7 heteroatoms. The van der Waals surface area contributed by atoms with Crippen LogP contribution in [0.5, 0.6) is 0 Å². The van der Waals surface area contributed by atoms with E-state index in [1.165, 1.54) is 0 Å². The fraction of sp³-hybridized carbons (Fsp3) is 0.333. The maximum Gasteiger partial charge on any atom is 0.269 e. The lowest BCUT2D eigenvalue weighted by Crippen LogP contribution is -2.26. The highest BCUT2D eigenvalue weighted by atomic mass is 16.1. The molecule has 19 heavy (non-hydrogen) atoms. The Morgan fingerprint density at radius 3 is 3.05 bits per heavy atom. The Balaban J connectivity index is 1.77. The minimum absolute atomic E-state index is 0.171. The zero-order valence-corrected chi connectivity index (χ0v) is 10.7. The van der Waals surface area contributed by atoms with Gasteiger partial charge in [0.2, 0.25) is 0 Å². The van der Waals surface area contributed by atoms with Gasteiger partial charge in [0.1, 0.15) is 11.5 Å². The van der Waals surface area contributed by atoms with Crippen molar-refractivity contribution in [3.8, 4) is 0 Å². The molecule has 0 saturated carbocycles. The second-order valence-electron chi connectivity index (χ2n) is 3.93. The molecule has 1 amide bonds. The molecule has 0 aliphatic heterocycles. The van der Waals surface area contributed by atoms with Gasteiger partial charge in [-0.15, -0.1) is 5.10 Å². The third kappa shape index (κ3) is 3.77. The van der Waals surface area contributed by atoms with Crippen LogP contribution in [-0.4, -0.2) is 39.5 Å². The minimum Gasteiger partial charge on any atom is -0.373 e. The second kappa shape index (κ2) is 6.48. The van der Waals surface area contributed by atoms with Crippen molar-refractivity contribution in [3.63, 3.8) is 0 Å². The van der Waals surface area contributed by atoms with Gasteiger partial charge in [-0.2, -0.15) is 0 Å². The fourth-order valence-corrected chi connectivity index (χ4v) is 1.59. The molecule has 0 bridgehead atoms. The first-order chi connectivity index (χ1) is 9.29. The predicted octanol–water partition coefficient (Wildman–Crippen LogP) is 0.535. The number of hydrogen-bond acceptors (Lipinski definition) is 5. The van der Waals surface area contributed by atoms with Crippen LogP contribution in [0.4, 0.5) is 5.82 Å². The molecule has 0 aliphatic carbocycles. The van der Waals surface area contributed by atoms with E-state index in [1.807, 2.05) is 6.07 Å². The Hall–Kier alpha value is -2.44. The van der Waals surface area contributed by atoms with E-state index in [0.717, 1.165) is 13.0 Å². The van der Waals surface area contributed by atoms with Gasteiger partial charge in [0.05, 0.1) is 6.20 Å². The molecule has 0 fully saturated rings. The number of pyridine rings is 1. The van der Waals surface area contributed by atoms with Crippen LogP contribution in [0.15, 0.2) is 30.6 Å². The number of nitrogens with zero attached hydrogens (tertiary/aromatic N) is 4. The van der Waals surface area contributed by atoms with Crippen LogP contribution in [0.2, 0.25) is 0 Å². The number of carbonyl (C=O) groups is 1. The Kier molecular flexibility index (Phi) is 4.44. The zero-order valence-electron chi connectivity index (χ0n) is 10.7. The number of aryl methyl sites for hydroxylation is 1. The van der Waals surface area contributed by atoms with E-state index in [2.05, 4.69) is 25.9 Å². The topological polar surface area (TPSA) is 84.7 Å². The average Bonchev–Trinajstić information content (AvgIpc) is 2.96.